The fourth-order valence-electron chi connectivity index (χ4n) is 3.27. The molecule has 0 spiro atoms. The Kier molecular flexibility index (Phi) is 5.99. The van der Waals surface area contributed by atoms with Gasteiger partial charge in [-0.25, -0.2) is 4.98 Å². The van der Waals surface area contributed by atoms with Crippen LogP contribution in [-0.2, 0) is 19.4 Å². The van der Waals surface area contributed by atoms with Crippen molar-refractivity contribution >= 4 is 22.5 Å². The quantitative estimate of drug-likeness (QED) is 0.691. The number of rotatable bonds is 6. The van der Waals surface area contributed by atoms with E-state index in [9.17, 15) is 0 Å². The molecule has 1 aromatic carbocycles. The van der Waals surface area contributed by atoms with E-state index in [4.69, 9.17) is 10.5 Å². The standard InChI is InChI=1S/C22H24N4OS/c23-22-25-20-10-14-26(15-11-21(20)28-22)13-3-4-17-6-8-19(9-7-17)27-16-18-5-1-2-12-24-18/h1-9,12H,10-11,13-16H2,(H2,23,25). The molecule has 1 aliphatic heterocycles. The number of fused-ring (bicyclic) bond motifs is 1. The molecule has 6 heteroatoms. The van der Waals surface area contributed by atoms with Crippen LogP contribution >= 0.6 is 11.3 Å². The smallest absolute Gasteiger partial charge is 0.180 e. The fourth-order valence-corrected chi connectivity index (χ4v) is 4.13. The maximum atomic E-state index is 5.82. The Morgan fingerprint density at radius 2 is 1.96 bits per heavy atom. The average molecular weight is 393 g/mol. The molecule has 5 nitrogen and oxygen atoms in total. The van der Waals surface area contributed by atoms with Crippen molar-refractivity contribution in [2.75, 3.05) is 25.4 Å². The molecule has 0 aliphatic carbocycles. The van der Waals surface area contributed by atoms with Gasteiger partial charge in [0.1, 0.15) is 12.4 Å². The molecule has 0 saturated carbocycles. The minimum absolute atomic E-state index is 0.483. The second kappa shape index (κ2) is 8.99. The van der Waals surface area contributed by atoms with Crippen LogP contribution in [0.1, 0.15) is 21.8 Å². The van der Waals surface area contributed by atoms with E-state index in [0.29, 0.717) is 11.7 Å². The summed E-state index contributed by atoms with van der Waals surface area (Å²) in [4.78, 5) is 12.5. The minimum atomic E-state index is 0.483. The van der Waals surface area contributed by atoms with E-state index in [2.05, 4.69) is 39.2 Å². The molecule has 0 unspecified atom stereocenters. The molecule has 0 fully saturated rings. The topological polar surface area (TPSA) is 64.3 Å². The first kappa shape index (κ1) is 18.7. The first-order chi connectivity index (χ1) is 13.8. The van der Waals surface area contributed by atoms with Gasteiger partial charge in [0.25, 0.3) is 0 Å². The lowest BCUT2D eigenvalue weighted by Gasteiger charge is -2.17. The number of aromatic nitrogens is 2. The van der Waals surface area contributed by atoms with Crippen LogP contribution < -0.4 is 10.5 Å². The van der Waals surface area contributed by atoms with Gasteiger partial charge in [-0.15, -0.1) is 11.3 Å². The summed E-state index contributed by atoms with van der Waals surface area (Å²) in [6.45, 7) is 3.51. The van der Waals surface area contributed by atoms with Gasteiger partial charge in [0.2, 0.25) is 0 Å². The lowest BCUT2D eigenvalue weighted by molar-refractivity contribution is 0.301. The molecule has 2 aromatic heterocycles. The number of pyridine rings is 1. The SMILES string of the molecule is Nc1nc2c(s1)CCN(CC=Cc1ccc(OCc3ccccn3)cc1)CC2. The predicted octanol–water partition coefficient (Wildman–Crippen LogP) is 3.81. The Labute approximate surface area is 169 Å². The number of hydrogen-bond acceptors (Lipinski definition) is 6. The third-order valence-electron chi connectivity index (χ3n) is 4.78. The molecule has 0 radical (unpaired) electrons. The van der Waals surface area contributed by atoms with Crippen LogP contribution in [0.25, 0.3) is 6.08 Å². The van der Waals surface area contributed by atoms with E-state index in [1.54, 1.807) is 17.5 Å². The van der Waals surface area contributed by atoms with Gasteiger partial charge < -0.3 is 10.5 Å². The van der Waals surface area contributed by atoms with Gasteiger partial charge in [-0.3, -0.25) is 9.88 Å². The first-order valence-electron chi connectivity index (χ1n) is 9.52. The summed E-state index contributed by atoms with van der Waals surface area (Å²) in [5, 5.41) is 0.700. The van der Waals surface area contributed by atoms with Gasteiger partial charge in [0.15, 0.2) is 5.13 Å². The normalized spacial score (nSPS) is 14.7. The third-order valence-corrected chi connectivity index (χ3v) is 5.77. The minimum Gasteiger partial charge on any atom is -0.487 e. The van der Waals surface area contributed by atoms with E-state index < -0.39 is 0 Å². The largest absolute Gasteiger partial charge is 0.487 e. The molecular formula is C22H24N4OS. The summed E-state index contributed by atoms with van der Waals surface area (Å²) in [7, 11) is 0. The van der Waals surface area contributed by atoms with Crippen LogP contribution in [0.3, 0.4) is 0 Å². The number of nitrogens with two attached hydrogens (primary N) is 1. The lowest BCUT2D eigenvalue weighted by atomic mass is 10.2. The summed E-state index contributed by atoms with van der Waals surface area (Å²) >= 11 is 1.64. The van der Waals surface area contributed by atoms with Crippen molar-refractivity contribution in [3.8, 4) is 5.75 Å². The van der Waals surface area contributed by atoms with Crippen LogP contribution in [0.15, 0.2) is 54.7 Å². The van der Waals surface area contributed by atoms with Crippen molar-refractivity contribution in [1.29, 1.82) is 0 Å². The van der Waals surface area contributed by atoms with E-state index in [1.807, 2.05) is 30.3 Å². The molecule has 1 aliphatic rings. The van der Waals surface area contributed by atoms with Crippen LogP contribution in [0.4, 0.5) is 5.13 Å². The van der Waals surface area contributed by atoms with Gasteiger partial charge >= 0.3 is 0 Å². The van der Waals surface area contributed by atoms with Crippen LogP contribution in [-0.4, -0.2) is 34.5 Å². The Morgan fingerprint density at radius 1 is 1.11 bits per heavy atom. The van der Waals surface area contributed by atoms with Crippen molar-refractivity contribution in [3.63, 3.8) is 0 Å². The predicted molar refractivity (Wildman–Crippen MR) is 114 cm³/mol. The number of nitrogens with zero attached hydrogens (tertiary/aromatic N) is 3. The van der Waals surface area contributed by atoms with E-state index >= 15 is 0 Å². The maximum absolute atomic E-state index is 5.82. The summed E-state index contributed by atoms with van der Waals surface area (Å²) in [6.07, 6.45) is 8.20. The van der Waals surface area contributed by atoms with E-state index in [0.717, 1.165) is 43.9 Å². The Bertz CT molecular complexity index is 896. The van der Waals surface area contributed by atoms with Crippen molar-refractivity contribution in [2.24, 2.45) is 0 Å². The molecule has 0 saturated heterocycles. The van der Waals surface area contributed by atoms with E-state index in [-0.39, 0.29) is 0 Å². The number of nitrogen functional groups attached to an aromatic ring is 1. The first-order valence-corrected chi connectivity index (χ1v) is 10.3. The van der Waals surface area contributed by atoms with Gasteiger partial charge in [-0.2, -0.15) is 0 Å². The Balaban J connectivity index is 1.25. The summed E-state index contributed by atoms with van der Waals surface area (Å²) in [5.41, 5.74) is 9.11. The second-order valence-corrected chi connectivity index (χ2v) is 7.92. The van der Waals surface area contributed by atoms with Crippen molar-refractivity contribution in [3.05, 3.63) is 76.6 Å². The lowest BCUT2D eigenvalue weighted by Crippen LogP contribution is -2.26. The maximum Gasteiger partial charge on any atom is 0.180 e. The van der Waals surface area contributed by atoms with Crippen molar-refractivity contribution in [1.82, 2.24) is 14.9 Å². The van der Waals surface area contributed by atoms with Gasteiger partial charge in [-0.1, -0.05) is 30.4 Å². The number of benzene rings is 1. The van der Waals surface area contributed by atoms with Crippen LogP contribution in [0.5, 0.6) is 5.75 Å². The summed E-state index contributed by atoms with van der Waals surface area (Å²) in [5.74, 6) is 0.855. The molecule has 2 N–H and O–H groups in total. The highest BCUT2D eigenvalue weighted by atomic mass is 32.1. The molecule has 0 bridgehead atoms. The number of thiazole rings is 1. The molecule has 0 amide bonds. The second-order valence-electron chi connectivity index (χ2n) is 6.80. The monoisotopic (exact) mass is 392 g/mol. The number of anilines is 1. The zero-order chi connectivity index (χ0) is 19.2. The molecule has 3 heterocycles. The average Bonchev–Trinajstić information content (AvgIpc) is 2.99. The molecule has 28 heavy (non-hydrogen) atoms. The summed E-state index contributed by atoms with van der Waals surface area (Å²) < 4.78 is 5.78. The molecule has 144 valence electrons. The zero-order valence-electron chi connectivity index (χ0n) is 15.8. The van der Waals surface area contributed by atoms with E-state index in [1.165, 1.54) is 16.1 Å². The van der Waals surface area contributed by atoms with Crippen LogP contribution in [0.2, 0.25) is 0 Å². The third kappa shape index (κ3) is 4.97. The highest BCUT2D eigenvalue weighted by Crippen LogP contribution is 2.24. The number of ether oxygens (including phenoxy) is 1. The fraction of sp³-hybridized carbons (Fsp3) is 0.273. The highest BCUT2D eigenvalue weighted by molar-refractivity contribution is 7.15. The van der Waals surface area contributed by atoms with Crippen molar-refractivity contribution < 1.29 is 4.74 Å². The molecule has 0 atom stereocenters. The van der Waals surface area contributed by atoms with Crippen LogP contribution in [0, 0.1) is 0 Å². The molecular weight excluding hydrogens is 368 g/mol. The number of hydrogen-bond donors (Lipinski definition) is 1. The van der Waals surface area contributed by atoms with Gasteiger partial charge in [-0.05, 0) is 36.2 Å². The highest BCUT2D eigenvalue weighted by Gasteiger charge is 2.16. The molecule has 4 rings (SSSR count). The zero-order valence-corrected chi connectivity index (χ0v) is 16.6. The Hall–Kier alpha value is -2.70. The van der Waals surface area contributed by atoms with Gasteiger partial charge in [0, 0.05) is 37.1 Å². The van der Waals surface area contributed by atoms with Gasteiger partial charge in [0.05, 0.1) is 11.4 Å². The Morgan fingerprint density at radius 3 is 2.79 bits per heavy atom. The summed E-state index contributed by atoms with van der Waals surface area (Å²) in [6, 6.07) is 14.0. The molecule has 3 aromatic rings. The van der Waals surface area contributed by atoms with Crippen molar-refractivity contribution in [2.45, 2.75) is 19.4 Å².